The van der Waals surface area contributed by atoms with Gasteiger partial charge in [0, 0.05) is 0 Å². The predicted molar refractivity (Wildman–Crippen MR) is 32.3 cm³/mol. The zero-order chi connectivity index (χ0) is 8.65. The largest absolute Gasteiger partial charge is 0.379 e. The molecule has 0 aromatic rings. The molecule has 1 atom stereocenters. The van der Waals surface area contributed by atoms with Crippen molar-refractivity contribution in [1.29, 1.82) is 0 Å². The van der Waals surface area contributed by atoms with Crippen LogP contribution in [0, 0.1) is 0 Å². The van der Waals surface area contributed by atoms with Crippen LogP contribution < -0.4 is 0 Å². The van der Waals surface area contributed by atoms with Gasteiger partial charge in [0.1, 0.15) is 0 Å². The normalized spacial score (nSPS) is 29.2. The predicted octanol–water partition coefficient (Wildman–Crippen LogP) is -2.26. The molecule has 5 nitrogen and oxygen atoms in total. The lowest BCUT2D eigenvalue weighted by atomic mass is 9.95. The molecule has 0 fully saturated rings. The highest BCUT2D eigenvalue weighted by Crippen LogP contribution is 2.14. The van der Waals surface area contributed by atoms with Crippen LogP contribution in [0.3, 0.4) is 0 Å². The van der Waals surface area contributed by atoms with Crippen LogP contribution in [0.4, 0.5) is 0 Å². The Labute approximate surface area is 61.6 Å². The molecule has 0 aromatic carbocycles. The first-order valence-corrected chi connectivity index (χ1v) is 2.85. The van der Waals surface area contributed by atoms with Crippen molar-refractivity contribution in [2.24, 2.45) is 0 Å². The van der Waals surface area contributed by atoms with E-state index in [1.807, 2.05) is 0 Å². The first-order chi connectivity index (χ1) is 4.96. The van der Waals surface area contributed by atoms with E-state index >= 15 is 0 Å². The summed E-state index contributed by atoms with van der Waals surface area (Å²) in [6.07, 6.45) is -0.549. The molecule has 0 bridgehead atoms. The van der Waals surface area contributed by atoms with Crippen molar-refractivity contribution in [2.45, 2.75) is 11.9 Å². The average Bonchev–Trinajstić information content (AvgIpc) is 1.95. The minimum atomic E-state index is -2.95. The number of carbonyl (C=O) groups excluding carboxylic acids is 2. The fraction of sp³-hybridized carbons (Fsp3) is 0.333. The van der Waals surface area contributed by atoms with E-state index in [-0.39, 0.29) is 0 Å². The summed E-state index contributed by atoms with van der Waals surface area (Å²) in [5.41, 5.74) is 0. The van der Waals surface area contributed by atoms with Crippen molar-refractivity contribution in [3.05, 3.63) is 12.2 Å². The third-order valence-electron chi connectivity index (χ3n) is 1.41. The highest BCUT2D eigenvalue weighted by Gasteiger charge is 2.45. The number of hydrogen-bond donors (Lipinski definition) is 3. The minimum absolute atomic E-state index is 0.717. The Balaban J connectivity index is 3.07. The monoisotopic (exact) mass is 158 g/mol. The Bertz CT molecular complexity index is 239. The maximum atomic E-state index is 10.6. The third-order valence-corrected chi connectivity index (χ3v) is 1.41. The van der Waals surface area contributed by atoms with E-state index in [0.29, 0.717) is 0 Å². The second-order valence-corrected chi connectivity index (χ2v) is 2.23. The van der Waals surface area contributed by atoms with E-state index in [1.54, 1.807) is 0 Å². The molecular weight excluding hydrogens is 152 g/mol. The van der Waals surface area contributed by atoms with Gasteiger partial charge in [0.05, 0.1) is 0 Å². The highest BCUT2D eigenvalue weighted by atomic mass is 16.5. The summed E-state index contributed by atoms with van der Waals surface area (Å²) in [4.78, 5) is 21.1. The van der Waals surface area contributed by atoms with Crippen molar-refractivity contribution in [1.82, 2.24) is 0 Å². The standard InChI is InChI=1S/C6H6O5/c7-3-1-2-4(8)6(10,11)5(3)9/h1-2,5,9-11H. The van der Waals surface area contributed by atoms with Crippen LogP contribution in [0.1, 0.15) is 0 Å². The van der Waals surface area contributed by atoms with Crippen molar-refractivity contribution in [3.8, 4) is 0 Å². The number of rotatable bonds is 0. The molecule has 0 amide bonds. The molecule has 3 N–H and O–H groups in total. The van der Waals surface area contributed by atoms with Crippen LogP contribution in [-0.2, 0) is 9.59 Å². The summed E-state index contributed by atoms with van der Waals surface area (Å²) < 4.78 is 0. The molecule has 0 heterocycles. The number of aliphatic hydroxyl groups excluding tert-OH is 1. The Hall–Kier alpha value is -1.04. The summed E-state index contributed by atoms with van der Waals surface area (Å²) in [6, 6.07) is 0. The lowest BCUT2D eigenvalue weighted by molar-refractivity contribution is -0.214. The second kappa shape index (κ2) is 2.23. The Morgan fingerprint density at radius 1 is 1.27 bits per heavy atom. The van der Waals surface area contributed by atoms with Gasteiger partial charge in [-0.1, -0.05) is 0 Å². The van der Waals surface area contributed by atoms with Gasteiger partial charge in [-0.2, -0.15) is 0 Å². The molecule has 0 radical (unpaired) electrons. The lowest BCUT2D eigenvalue weighted by Gasteiger charge is -2.25. The average molecular weight is 158 g/mol. The molecule has 60 valence electrons. The third kappa shape index (κ3) is 1.09. The van der Waals surface area contributed by atoms with E-state index in [4.69, 9.17) is 15.3 Å². The molecule has 0 saturated heterocycles. The molecule has 1 rings (SSSR count). The van der Waals surface area contributed by atoms with Gasteiger partial charge < -0.3 is 15.3 Å². The molecule has 5 heteroatoms. The smallest absolute Gasteiger partial charge is 0.262 e. The molecule has 0 spiro atoms. The lowest BCUT2D eigenvalue weighted by Crippen LogP contribution is -2.54. The van der Waals surface area contributed by atoms with Gasteiger partial charge in [-0.3, -0.25) is 9.59 Å². The highest BCUT2D eigenvalue weighted by molar-refractivity contribution is 6.10. The van der Waals surface area contributed by atoms with Crippen LogP contribution in [-0.4, -0.2) is 38.8 Å². The van der Waals surface area contributed by atoms with Gasteiger partial charge in [-0.05, 0) is 12.2 Å². The Morgan fingerprint density at radius 3 is 2.27 bits per heavy atom. The molecule has 0 aliphatic heterocycles. The number of ketones is 2. The fourth-order valence-electron chi connectivity index (χ4n) is 0.705. The van der Waals surface area contributed by atoms with Crippen LogP contribution in [0.2, 0.25) is 0 Å². The topological polar surface area (TPSA) is 94.8 Å². The van der Waals surface area contributed by atoms with E-state index in [1.165, 1.54) is 0 Å². The van der Waals surface area contributed by atoms with Gasteiger partial charge >= 0.3 is 0 Å². The maximum Gasteiger partial charge on any atom is 0.262 e. The van der Waals surface area contributed by atoms with E-state index in [0.717, 1.165) is 12.2 Å². The van der Waals surface area contributed by atoms with Gasteiger partial charge in [0.15, 0.2) is 11.9 Å². The van der Waals surface area contributed by atoms with Crippen molar-refractivity contribution >= 4 is 11.6 Å². The van der Waals surface area contributed by atoms with Crippen LogP contribution in [0.5, 0.6) is 0 Å². The first kappa shape index (κ1) is 8.06. The van der Waals surface area contributed by atoms with Crippen molar-refractivity contribution < 1.29 is 24.9 Å². The quantitative estimate of drug-likeness (QED) is 0.346. The molecule has 0 saturated carbocycles. The van der Waals surface area contributed by atoms with Crippen LogP contribution in [0.25, 0.3) is 0 Å². The molecule has 1 aliphatic carbocycles. The number of aliphatic hydroxyl groups is 3. The van der Waals surface area contributed by atoms with Gasteiger partial charge in [0.25, 0.3) is 5.79 Å². The molecule has 1 unspecified atom stereocenters. The molecule has 11 heavy (non-hydrogen) atoms. The second-order valence-electron chi connectivity index (χ2n) is 2.23. The zero-order valence-electron chi connectivity index (χ0n) is 5.39. The summed E-state index contributed by atoms with van der Waals surface area (Å²) in [6.45, 7) is 0. The van der Waals surface area contributed by atoms with Crippen LogP contribution in [0.15, 0.2) is 12.2 Å². The van der Waals surface area contributed by atoms with Gasteiger partial charge in [-0.15, -0.1) is 0 Å². The SMILES string of the molecule is O=C1C=CC(=O)C(O)(O)C1O. The Kier molecular flexibility index (Phi) is 1.63. The molecule has 1 aliphatic rings. The number of hydrogen-bond acceptors (Lipinski definition) is 5. The van der Waals surface area contributed by atoms with E-state index in [9.17, 15) is 9.59 Å². The summed E-state index contributed by atoms with van der Waals surface area (Å²) in [5.74, 6) is -4.94. The van der Waals surface area contributed by atoms with E-state index < -0.39 is 23.5 Å². The Morgan fingerprint density at radius 2 is 1.82 bits per heavy atom. The summed E-state index contributed by atoms with van der Waals surface area (Å²) >= 11 is 0. The van der Waals surface area contributed by atoms with E-state index in [2.05, 4.69) is 0 Å². The fourth-order valence-corrected chi connectivity index (χ4v) is 0.705. The van der Waals surface area contributed by atoms with Crippen LogP contribution >= 0.6 is 0 Å². The zero-order valence-corrected chi connectivity index (χ0v) is 5.39. The summed E-state index contributed by atoms with van der Waals surface area (Å²) in [5, 5.41) is 26.3. The van der Waals surface area contributed by atoms with Crippen molar-refractivity contribution in [3.63, 3.8) is 0 Å². The maximum absolute atomic E-state index is 10.6. The first-order valence-electron chi connectivity index (χ1n) is 2.85. The summed E-state index contributed by atoms with van der Waals surface area (Å²) in [7, 11) is 0. The van der Waals surface area contributed by atoms with Gasteiger partial charge in [-0.25, -0.2) is 0 Å². The minimum Gasteiger partial charge on any atom is -0.379 e. The van der Waals surface area contributed by atoms with Gasteiger partial charge in [0.2, 0.25) is 5.78 Å². The molecule has 0 aromatic heterocycles. The number of carbonyl (C=O) groups is 2. The molecular formula is C6H6O5. The van der Waals surface area contributed by atoms with Crippen molar-refractivity contribution in [2.75, 3.05) is 0 Å².